The predicted octanol–water partition coefficient (Wildman–Crippen LogP) is 2.05. The van der Waals surface area contributed by atoms with Gasteiger partial charge in [-0.25, -0.2) is 4.39 Å². The van der Waals surface area contributed by atoms with Gasteiger partial charge in [-0.15, -0.1) is 0 Å². The lowest BCUT2D eigenvalue weighted by molar-refractivity contribution is -0.151. The highest BCUT2D eigenvalue weighted by Gasteiger charge is 2.39. The van der Waals surface area contributed by atoms with Crippen LogP contribution in [-0.4, -0.2) is 30.8 Å². The number of ether oxygens (including phenoxy) is 1. The molecule has 1 heterocycles. The monoisotopic (exact) mass is 267 g/mol. The van der Waals surface area contributed by atoms with Gasteiger partial charge in [-0.1, -0.05) is 0 Å². The van der Waals surface area contributed by atoms with Crippen molar-refractivity contribution in [3.8, 4) is 5.75 Å². The number of nitrogens with one attached hydrogen (secondary N) is 1. The molecule has 1 aliphatic heterocycles. The Morgan fingerprint density at radius 1 is 1.32 bits per heavy atom. The Kier molecular flexibility index (Phi) is 4.37. The van der Waals surface area contributed by atoms with Crippen LogP contribution in [-0.2, 0) is 4.79 Å². The molecule has 4 nitrogen and oxygen atoms in total. The van der Waals surface area contributed by atoms with Gasteiger partial charge in [-0.05, 0) is 56.6 Å². The molecule has 104 valence electrons. The second-order valence-electron chi connectivity index (χ2n) is 4.89. The summed E-state index contributed by atoms with van der Waals surface area (Å²) < 4.78 is 18.2. The zero-order valence-electron chi connectivity index (χ0n) is 10.7. The molecule has 1 aliphatic rings. The number of carboxylic acids is 1. The third-order valence-electron chi connectivity index (χ3n) is 3.68. The minimum absolute atomic E-state index is 0.312. The molecule has 1 aromatic carbocycles. The van der Waals surface area contributed by atoms with Crippen molar-refractivity contribution >= 4 is 5.97 Å². The molecular formula is C14H18FNO3. The van der Waals surface area contributed by atoms with Crippen LogP contribution < -0.4 is 10.1 Å². The third-order valence-corrected chi connectivity index (χ3v) is 3.68. The number of piperidine rings is 1. The quantitative estimate of drug-likeness (QED) is 0.857. The van der Waals surface area contributed by atoms with E-state index in [1.807, 2.05) is 0 Å². The van der Waals surface area contributed by atoms with E-state index in [0.717, 1.165) is 13.1 Å². The maximum Gasteiger partial charge on any atom is 0.309 e. The van der Waals surface area contributed by atoms with E-state index in [4.69, 9.17) is 4.74 Å². The number of hydrogen-bond donors (Lipinski definition) is 2. The molecule has 19 heavy (non-hydrogen) atoms. The zero-order valence-corrected chi connectivity index (χ0v) is 10.7. The van der Waals surface area contributed by atoms with Gasteiger partial charge in [-0.3, -0.25) is 4.79 Å². The van der Waals surface area contributed by atoms with Gasteiger partial charge in [0.15, 0.2) is 0 Å². The van der Waals surface area contributed by atoms with Crippen molar-refractivity contribution in [3.05, 3.63) is 30.1 Å². The summed E-state index contributed by atoms with van der Waals surface area (Å²) in [5.74, 6) is -0.500. The Hall–Kier alpha value is -1.62. The second kappa shape index (κ2) is 6.02. The fourth-order valence-electron chi connectivity index (χ4n) is 2.37. The van der Waals surface area contributed by atoms with Gasteiger partial charge < -0.3 is 15.2 Å². The second-order valence-corrected chi connectivity index (χ2v) is 4.89. The molecule has 5 heteroatoms. The molecular weight excluding hydrogens is 249 g/mol. The van der Waals surface area contributed by atoms with E-state index in [1.165, 1.54) is 12.1 Å². The first kappa shape index (κ1) is 13.8. The largest absolute Gasteiger partial charge is 0.494 e. The number of aliphatic carboxylic acids is 1. The third kappa shape index (κ3) is 3.44. The summed E-state index contributed by atoms with van der Waals surface area (Å²) in [6.45, 7) is 1.78. The maximum absolute atomic E-state index is 12.7. The number of carbonyl (C=O) groups is 1. The normalized spacial score (nSPS) is 17.9. The minimum atomic E-state index is -0.753. The first-order chi connectivity index (χ1) is 9.12. The summed E-state index contributed by atoms with van der Waals surface area (Å²) in [4.78, 5) is 11.4. The van der Waals surface area contributed by atoms with Gasteiger partial charge >= 0.3 is 5.97 Å². The van der Waals surface area contributed by atoms with Crippen LogP contribution in [0.3, 0.4) is 0 Å². The molecule has 1 aromatic rings. The molecule has 0 spiro atoms. The number of halogens is 1. The number of benzene rings is 1. The molecule has 0 amide bonds. The Morgan fingerprint density at radius 2 is 1.95 bits per heavy atom. The van der Waals surface area contributed by atoms with E-state index in [9.17, 15) is 14.3 Å². The molecule has 0 unspecified atom stereocenters. The molecule has 0 aliphatic carbocycles. The highest BCUT2D eigenvalue weighted by Crippen LogP contribution is 2.33. The smallest absolute Gasteiger partial charge is 0.309 e. The molecule has 0 atom stereocenters. The lowest BCUT2D eigenvalue weighted by Gasteiger charge is -2.33. The van der Waals surface area contributed by atoms with Crippen LogP contribution in [0.15, 0.2) is 24.3 Å². The van der Waals surface area contributed by atoms with Crippen molar-refractivity contribution in [2.75, 3.05) is 19.7 Å². The number of carboxylic acid groups (broad SMARTS) is 1. The van der Waals surface area contributed by atoms with E-state index >= 15 is 0 Å². The Bertz CT molecular complexity index is 427. The first-order valence-corrected chi connectivity index (χ1v) is 6.45. The van der Waals surface area contributed by atoms with Gasteiger partial charge in [0.2, 0.25) is 0 Å². The average Bonchev–Trinajstić information content (AvgIpc) is 2.42. The van der Waals surface area contributed by atoms with Gasteiger partial charge in [0.05, 0.1) is 12.0 Å². The molecule has 0 bridgehead atoms. The van der Waals surface area contributed by atoms with Crippen LogP contribution in [0.2, 0.25) is 0 Å². The molecule has 0 radical (unpaired) electrons. The molecule has 0 aromatic heterocycles. The van der Waals surface area contributed by atoms with E-state index in [2.05, 4.69) is 5.32 Å². The number of rotatable bonds is 5. The summed E-state index contributed by atoms with van der Waals surface area (Å²) >= 11 is 0. The highest BCUT2D eigenvalue weighted by atomic mass is 19.1. The standard InChI is InChI=1S/C14H18FNO3/c15-11-1-3-12(4-2-11)19-10-7-14(13(17)18)5-8-16-9-6-14/h1-4,16H,5-10H2,(H,17,18). The lowest BCUT2D eigenvalue weighted by atomic mass is 9.76. The van der Waals surface area contributed by atoms with E-state index in [-0.39, 0.29) is 5.82 Å². The van der Waals surface area contributed by atoms with Gasteiger partial charge in [-0.2, -0.15) is 0 Å². The van der Waals surface area contributed by atoms with Gasteiger partial charge in [0.1, 0.15) is 11.6 Å². The van der Waals surface area contributed by atoms with E-state index in [0.29, 0.717) is 31.6 Å². The van der Waals surface area contributed by atoms with Crippen LogP contribution in [0, 0.1) is 11.2 Å². The Balaban J connectivity index is 1.89. The van der Waals surface area contributed by atoms with Crippen molar-refractivity contribution in [3.63, 3.8) is 0 Å². The summed E-state index contributed by atoms with van der Waals surface area (Å²) in [6.07, 6.45) is 1.71. The maximum atomic E-state index is 12.7. The average molecular weight is 267 g/mol. The summed E-state index contributed by atoms with van der Waals surface area (Å²) in [7, 11) is 0. The molecule has 2 N–H and O–H groups in total. The van der Waals surface area contributed by atoms with E-state index in [1.54, 1.807) is 12.1 Å². The van der Waals surface area contributed by atoms with Crippen molar-refractivity contribution < 1.29 is 19.0 Å². The molecule has 1 fully saturated rings. The highest BCUT2D eigenvalue weighted by molar-refractivity contribution is 5.74. The fourth-order valence-corrected chi connectivity index (χ4v) is 2.37. The van der Waals surface area contributed by atoms with E-state index < -0.39 is 11.4 Å². The minimum Gasteiger partial charge on any atom is -0.494 e. The molecule has 1 saturated heterocycles. The van der Waals surface area contributed by atoms with Gasteiger partial charge in [0, 0.05) is 0 Å². The Labute approximate surface area is 111 Å². The van der Waals surface area contributed by atoms with Crippen molar-refractivity contribution in [2.45, 2.75) is 19.3 Å². The topological polar surface area (TPSA) is 58.6 Å². The van der Waals surface area contributed by atoms with Crippen molar-refractivity contribution in [1.29, 1.82) is 0 Å². The van der Waals surface area contributed by atoms with Crippen molar-refractivity contribution in [2.24, 2.45) is 5.41 Å². The lowest BCUT2D eigenvalue weighted by Crippen LogP contribution is -2.43. The summed E-state index contributed by atoms with van der Waals surface area (Å²) in [5, 5.41) is 12.6. The SMILES string of the molecule is O=C(O)C1(CCOc2ccc(F)cc2)CCNCC1. The Morgan fingerprint density at radius 3 is 2.53 bits per heavy atom. The fraction of sp³-hybridized carbons (Fsp3) is 0.500. The predicted molar refractivity (Wildman–Crippen MR) is 68.7 cm³/mol. The number of hydrogen-bond acceptors (Lipinski definition) is 3. The van der Waals surface area contributed by atoms with Crippen LogP contribution in [0.1, 0.15) is 19.3 Å². The first-order valence-electron chi connectivity index (χ1n) is 6.45. The van der Waals surface area contributed by atoms with Crippen LogP contribution in [0.4, 0.5) is 4.39 Å². The van der Waals surface area contributed by atoms with Crippen LogP contribution in [0.5, 0.6) is 5.75 Å². The molecule has 2 rings (SSSR count). The zero-order chi connectivity index (χ0) is 13.7. The molecule has 0 saturated carbocycles. The summed E-state index contributed by atoms with van der Waals surface area (Å²) in [5.41, 5.74) is -0.689. The summed E-state index contributed by atoms with van der Waals surface area (Å²) in [6, 6.07) is 5.75. The van der Waals surface area contributed by atoms with Crippen molar-refractivity contribution in [1.82, 2.24) is 5.32 Å². The van der Waals surface area contributed by atoms with Crippen LogP contribution >= 0.6 is 0 Å². The van der Waals surface area contributed by atoms with Crippen LogP contribution in [0.25, 0.3) is 0 Å². The van der Waals surface area contributed by atoms with Gasteiger partial charge in [0.25, 0.3) is 0 Å².